The van der Waals surface area contributed by atoms with Gasteiger partial charge in [-0.05, 0) is 51.4 Å². The van der Waals surface area contributed by atoms with Gasteiger partial charge in [0.05, 0.1) is 5.41 Å². The summed E-state index contributed by atoms with van der Waals surface area (Å²) in [5.74, 6) is 0. The molecule has 0 aromatic heterocycles. The first-order valence-electron chi connectivity index (χ1n) is 11.2. The van der Waals surface area contributed by atoms with Crippen LogP contribution in [0, 0.1) is 6.92 Å². The van der Waals surface area contributed by atoms with Crippen LogP contribution in [0.1, 0.15) is 35.2 Å². The van der Waals surface area contributed by atoms with Crippen molar-refractivity contribution in [3.8, 4) is 22.3 Å². The van der Waals surface area contributed by atoms with E-state index >= 15 is 0 Å². The molecule has 0 radical (unpaired) electrons. The molecule has 0 bridgehead atoms. The third-order valence-electron chi connectivity index (χ3n) is 6.86. The summed E-state index contributed by atoms with van der Waals surface area (Å²) in [6.45, 7) is 2.13. The number of hydrogen-bond donors (Lipinski definition) is 0. The average Bonchev–Trinajstić information content (AvgIpc) is 3.17. The normalized spacial score (nSPS) is 13.0. The lowest BCUT2D eigenvalue weighted by molar-refractivity contribution is 0.768. The Kier molecular flexibility index (Phi) is 5.23. The number of fused-ring (bicyclic) bond motifs is 3. The lowest BCUT2D eigenvalue weighted by Crippen LogP contribution is -2.28. The van der Waals surface area contributed by atoms with Crippen molar-refractivity contribution < 1.29 is 0 Å². The van der Waals surface area contributed by atoms with Gasteiger partial charge in [0.25, 0.3) is 0 Å². The highest BCUT2D eigenvalue weighted by atomic mass is 14.5. The summed E-state index contributed by atoms with van der Waals surface area (Å²) >= 11 is 0. The molecule has 160 valence electrons. The summed E-state index contributed by atoms with van der Waals surface area (Å²) < 4.78 is 0. The summed E-state index contributed by atoms with van der Waals surface area (Å²) in [6, 6.07) is 46.7. The molecule has 0 aliphatic heterocycles. The number of rotatable bonds is 3. The van der Waals surface area contributed by atoms with Crippen molar-refractivity contribution in [1.82, 2.24) is 0 Å². The zero-order valence-corrected chi connectivity index (χ0v) is 18.1. The molecule has 0 heteroatoms. The Morgan fingerprint density at radius 3 is 1.39 bits per heavy atom. The summed E-state index contributed by atoms with van der Waals surface area (Å²) in [7, 11) is 0. The largest absolute Gasteiger partial charge is 0.0776 e. The van der Waals surface area contributed by atoms with Gasteiger partial charge in [0.15, 0.2) is 0 Å². The van der Waals surface area contributed by atoms with E-state index in [1.807, 2.05) is 0 Å². The molecular formula is C33H28. The first kappa shape index (κ1) is 21.0. The standard InChI is InChI=1S/C32H24.CH4/c1-23-15-17-24(18-16-23)25-19-21-27(22-20-25)32(26-9-3-2-4-10-26)30-13-7-5-11-28(30)29-12-6-8-14-31(29)32;/h2-22H,1H3;1H4. The molecule has 0 fully saturated rings. The van der Waals surface area contributed by atoms with E-state index in [-0.39, 0.29) is 12.8 Å². The summed E-state index contributed by atoms with van der Waals surface area (Å²) in [4.78, 5) is 0. The molecule has 33 heavy (non-hydrogen) atoms. The molecule has 0 amide bonds. The minimum atomic E-state index is -0.319. The quantitative estimate of drug-likeness (QED) is 0.267. The molecular weight excluding hydrogens is 396 g/mol. The summed E-state index contributed by atoms with van der Waals surface area (Å²) in [6.07, 6.45) is 0. The second kappa shape index (κ2) is 8.22. The highest BCUT2D eigenvalue weighted by molar-refractivity contribution is 5.86. The smallest absolute Gasteiger partial charge is 0.0713 e. The van der Waals surface area contributed by atoms with Crippen LogP contribution in [0.4, 0.5) is 0 Å². The van der Waals surface area contributed by atoms with Crippen molar-refractivity contribution in [2.75, 3.05) is 0 Å². The molecule has 0 heterocycles. The maximum absolute atomic E-state index is 2.32. The van der Waals surface area contributed by atoms with E-state index in [2.05, 4.69) is 134 Å². The molecule has 6 rings (SSSR count). The molecule has 0 atom stereocenters. The van der Waals surface area contributed by atoms with Crippen molar-refractivity contribution in [1.29, 1.82) is 0 Å². The van der Waals surface area contributed by atoms with Crippen molar-refractivity contribution in [2.24, 2.45) is 0 Å². The van der Waals surface area contributed by atoms with Crippen molar-refractivity contribution in [2.45, 2.75) is 19.8 Å². The van der Waals surface area contributed by atoms with Crippen LogP contribution in [-0.4, -0.2) is 0 Å². The Morgan fingerprint density at radius 1 is 0.424 bits per heavy atom. The zero-order valence-electron chi connectivity index (χ0n) is 18.1. The van der Waals surface area contributed by atoms with Crippen LogP contribution in [-0.2, 0) is 5.41 Å². The van der Waals surface area contributed by atoms with Gasteiger partial charge in [-0.3, -0.25) is 0 Å². The Bertz CT molecular complexity index is 1350. The van der Waals surface area contributed by atoms with Crippen LogP contribution >= 0.6 is 0 Å². The van der Waals surface area contributed by atoms with Crippen LogP contribution in [0.25, 0.3) is 22.3 Å². The highest BCUT2D eigenvalue weighted by Gasteiger charge is 2.45. The molecule has 0 N–H and O–H groups in total. The number of hydrogen-bond acceptors (Lipinski definition) is 0. The number of benzene rings is 5. The van der Waals surface area contributed by atoms with Crippen LogP contribution in [0.2, 0.25) is 0 Å². The third-order valence-corrected chi connectivity index (χ3v) is 6.86. The molecule has 0 saturated carbocycles. The average molecular weight is 425 g/mol. The predicted molar refractivity (Wildman–Crippen MR) is 141 cm³/mol. The molecule has 0 spiro atoms. The monoisotopic (exact) mass is 424 g/mol. The minimum absolute atomic E-state index is 0. The fourth-order valence-corrected chi connectivity index (χ4v) is 5.37. The van der Waals surface area contributed by atoms with Crippen LogP contribution in [0.5, 0.6) is 0 Å². The van der Waals surface area contributed by atoms with E-state index in [9.17, 15) is 0 Å². The van der Waals surface area contributed by atoms with Gasteiger partial charge in [-0.2, -0.15) is 0 Å². The van der Waals surface area contributed by atoms with Crippen molar-refractivity contribution in [3.63, 3.8) is 0 Å². The SMILES string of the molecule is C.Cc1ccc(-c2ccc(C3(c4ccccc4)c4ccccc4-c4ccccc43)cc2)cc1. The topological polar surface area (TPSA) is 0 Å². The zero-order chi connectivity index (χ0) is 21.5. The first-order valence-corrected chi connectivity index (χ1v) is 11.2. The molecule has 5 aromatic carbocycles. The Morgan fingerprint density at radius 2 is 0.848 bits per heavy atom. The molecule has 0 nitrogen and oxygen atoms in total. The van der Waals surface area contributed by atoms with E-state index in [0.29, 0.717) is 0 Å². The van der Waals surface area contributed by atoms with E-state index < -0.39 is 0 Å². The van der Waals surface area contributed by atoms with Crippen LogP contribution in [0.15, 0.2) is 127 Å². The highest BCUT2D eigenvalue weighted by Crippen LogP contribution is 2.55. The lowest BCUT2D eigenvalue weighted by Gasteiger charge is -2.34. The lowest BCUT2D eigenvalue weighted by atomic mass is 9.67. The van der Waals surface area contributed by atoms with Crippen LogP contribution < -0.4 is 0 Å². The molecule has 0 unspecified atom stereocenters. The van der Waals surface area contributed by atoms with Gasteiger partial charge in [-0.25, -0.2) is 0 Å². The van der Waals surface area contributed by atoms with Crippen molar-refractivity contribution in [3.05, 3.63) is 155 Å². The van der Waals surface area contributed by atoms with Crippen molar-refractivity contribution >= 4 is 0 Å². The van der Waals surface area contributed by atoms with Gasteiger partial charge in [0.2, 0.25) is 0 Å². The second-order valence-electron chi connectivity index (χ2n) is 8.65. The van der Waals surface area contributed by atoms with E-state index in [1.54, 1.807) is 0 Å². The van der Waals surface area contributed by atoms with E-state index in [0.717, 1.165) is 0 Å². The number of aryl methyl sites for hydroxylation is 1. The minimum Gasteiger partial charge on any atom is -0.0776 e. The molecule has 5 aromatic rings. The Hall–Kier alpha value is -3.90. The maximum Gasteiger partial charge on any atom is 0.0713 e. The fraction of sp³-hybridized carbons (Fsp3) is 0.0909. The molecule has 1 aliphatic carbocycles. The first-order chi connectivity index (χ1) is 15.8. The van der Waals surface area contributed by atoms with Gasteiger partial charge in [-0.1, -0.05) is 140 Å². The van der Waals surface area contributed by atoms with Gasteiger partial charge < -0.3 is 0 Å². The van der Waals surface area contributed by atoms with E-state index in [4.69, 9.17) is 0 Å². The maximum atomic E-state index is 2.32. The predicted octanol–water partition coefficient (Wildman–Crippen LogP) is 8.66. The third kappa shape index (κ3) is 3.14. The van der Waals surface area contributed by atoms with Gasteiger partial charge in [0, 0.05) is 0 Å². The summed E-state index contributed by atoms with van der Waals surface area (Å²) in [5.41, 5.74) is 11.4. The van der Waals surface area contributed by atoms with Gasteiger partial charge >= 0.3 is 0 Å². The summed E-state index contributed by atoms with van der Waals surface area (Å²) in [5, 5.41) is 0. The molecule has 0 saturated heterocycles. The Labute approximate surface area is 197 Å². The fourth-order valence-electron chi connectivity index (χ4n) is 5.37. The van der Waals surface area contributed by atoms with Crippen LogP contribution in [0.3, 0.4) is 0 Å². The van der Waals surface area contributed by atoms with E-state index in [1.165, 1.54) is 50.1 Å². The van der Waals surface area contributed by atoms with Gasteiger partial charge in [0.1, 0.15) is 0 Å². The molecule has 1 aliphatic rings. The Balaban J connectivity index is 0.00000228. The van der Waals surface area contributed by atoms with Gasteiger partial charge in [-0.15, -0.1) is 0 Å². The second-order valence-corrected chi connectivity index (χ2v) is 8.65.